The van der Waals surface area contributed by atoms with Crippen LogP contribution in [0.2, 0.25) is 0 Å². The number of nitrogens with zero attached hydrogens (tertiary/aromatic N) is 2. The van der Waals surface area contributed by atoms with Crippen molar-refractivity contribution in [2.45, 2.75) is 18.2 Å². The van der Waals surface area contributed by atoms with Gasteiger partial charge in [-0.15, -0.1) is 0 Å². The standard InChI is InChI=1S/C14H17N5O2S2/c1-2-8-17-14(22)18-11-4-6-12(7-5-11)23(20,21)19-13-15-9-3-10-16-13/h3-7,9-10H,2,8H2,1H3,(H,15,16,19)(H2,17,18,22). The zero-order chi connectivity index (χ0) is 16.7. The Hall–Kier alpha value is -2.26. The molecule has 0 atom stereocenters. The van der Waals surface area contributed by atoms with Crippen molar-refractivity contribution in [3.8, 4) is 0 Å². The lowest BCUT2D eigenvalue weighted by atomic mass is 10.3. The number of aromatic nitrogens is 2. The fourth-order valence-electron chi connectivity index (χ4n) is 1.66. The number of hydrogen-bond donors (Lipinski definition) is 3. The normalized spacial score (nSPS) is 10.8. The van der Waals surface area contributed by atoms with E-state index in [1.54, 1.807) is 18.2 Å². The van der Waals surface area contributed by atoms with Crippen molar-refractivity contribution >= 4 is 39.0 Å². The second-order valence-electron chi connectivity index (χ2n) is 4.58. The predicted octanol–water partition coefficient (Wildman–Crippen LogP) is 1.97. The van der Waals surface area contributed by atoms with Gasteiger partial charge >= 0.3 is 0 Å². The maximum atomic E-state index is 12.2. The topological polar surface area (TPSA) is 96.0 Å². The average molecular weight is 351 g/mol. The maximum Gasteiger partial charge on any atom is 0.264 e. The summed E-state index contributed by atoms with van der Waals surface area (Å²) >= 11 is 5.13. The van der Waals surface area contributed by atoms with Crippen LogP contribution in [0.5, 0.6) is 0 Å². The molecule has 0 unspecified atom stereocenters. The van der Waals surface area contributed by atoms with Crippen LogP contribution in [0.15, 0.2) is 47.6 Å². The third-order valence-electron chi connectivity index (χ3n) is 2.75. The molecule has 7 nitrogen and oxygen atoms in total. The van der Waals surface area contributed by atoms with Crippen LogP contribution in [0.25, 0.3) is 0 Å². The molecular formula is C14H17N5O2S2. The molecule has 0 aliphatic rings. The van der Waals surface area contributed by atoms with E-state index in [1.807, 2.05) is 6.92 Å². The van der Waals surface area contributed by atoms with Crippen LogP contribution in [0, 0.1) is 0 Å². The summed E-state index contributed by atoms with van der Waals surface area (Å²) < 4.78 is 26.8. The molecule has 0 bridgehead atoms. The fourth-order valence-corrected chi connectivity index (χ4v) is 2.84. The zero-order valence-corrected chi connectivity index (χ0v) is 14.1. The molecule has 23 heavy (non-hydrogen) atoms. The number of sulfonamides is 1. The molecule has 1 aromatic heterocycles. The molecular weight excluding hydrogens is 334 g/mol. The molecule has 1 heterocycles. The fraction of sp³-hybridized carbons (Fsp3) is 0.214. The van der Waals surface area contributed by atoms with Crippen molar-refractivity contribution in [2.75, 3.05) is 16.6 Å². The first-order chi connectivity index (χ1) is 11.0. The Morgan fingerprint density at radius 2 is 1.83 bits per heavy atom. The summed E-state index contributed by atoms with van der Waals surface area (Å²) in [6.07, 6.45) is 3.89. The van der Waals surface area contributed by atoms with Crippen molar-refractivity contribution < 1.29 is 8.42 Å². The van der Waals surface area contributed by atoms with Crippen molar-refractivity contribution in [3.05, 3.63) is 42.7 Å². The highest BCUT2D eigenvalue weighted by molar-refractivity contribution is 7.92. The SMILES string of the molecule is CCCNC(=S)Nc1ccc(S(=O)(=O)Nc2ncccn2)cc1. The van der Waals surface area contributed by atoms with Gasteiger partial charge in [-0.25, -0.2) is 23.1 Å². The highest BCUT2D eigenvalue weighted by Crippen LogP contribution is 2.16. The van der Waals surface area contributed by atoms with E-state index in [2.05, 4.69) is 25.3 Å². The maximum absolute atomic E-state index is 12.2. The summed E-state index contributed by atoms with van der Waals surface area (Å²) in [7, 11) is -3.72. The monoisotopic (exact) mass is 351 g/mol. The van der Waals surface area contributed by atoms with Gasteiger partial charge in [-0.3, -0.25) is 0 Å². The molecule has 0 saturated carbocycles. The molecule has 0 saturated heterocycles. The van der Waals surface area contributed by atoms with Gasteiger partial charge < -0.3 is 10.6 Å². The van der Waals surface area contributed by atoms with E-state index in [4.69, 9.17) is 12.2 Å². The summed E-state index contributed by atoms with van der Waals surface area (Å²) in [5.41, 5.74) is 0.702. The van der Waals surface area contributed by atoms with Crippen LogP contribution >= 0.6 is 12.2 Å². The summed E-state index contributed by atoms with van der Waals surface area (Å²) in [6, 6.07) is 7.85. The number of benzene rings is 1. The third-order valence-corrected chi connectivity index (χ3v) is 4.34. The molecule has 9 heteroatoms. The van der Waals surface area contributed by atoms with E-state index >= 15 is 0 Å². The van der Waals surface area contributed by atoms with E-state index in [1.165, 1.54) is 24.5 Å². The zero-order valence-electron chi connectivity index (χ0n) is 12.5. The molecule has 0 aliphatic carbocycles. The average Bonchev–Trinajstić information content (AvgIpc) is 2.54. The van der Waals surface area contributed by atoms with Gasteiger partial charge in [-0.2, -0.15) is 0 Å². The van der Waals surface area contributed by atoms with E-state index in [0.717, 1.165) is 13.0 Å². The van der Waals surface area contributed by atoms with Crippen LogP contribution in [-0.4, -0.2) is 30.0 Å². The van der Waals surface area contributed by atoms with Crippen LogP contribution < -0.4 is 15.4 Å². The van der Waals surface area contributed by atoms with Gasteiger partial charge in [0, 0.05) is 24.6 Å². The lowest BCUT2D eigenvalue weighted by Crippen LogP contribution is -2.28. The number of anilines is 2. The minimum atomic E-state index is -3.72. The largest absolute Gasteiger partial charge is 0.362 e. The first kappa shape index (κ1) is 17.1. The van der Waals surface area contributed by atoms with Crippen LogP contribution in [0.3, 0.4) is 0 Å². The smallest absolute Gasteiger partial charge is 0.264 e. The highest BCUT2D eigenvalue weighted by Gasteiger charge is 2.15. The third kappa shape index (κ3) is 5.15. The van der Waals surface area contributed by atoms with Gasteiger partial charge in [-0.05, 0) is 49.0 Å². The molecule has 3 N–H and O–H groups in total. The van der Waals surface area contributed by atoms with E-state index in [-0.39, 0.29) is 10.8 Å². The van der Waals surface area contributed by atoms with Gasteiger partial charge in [-0.1, -0.05) is 6.92 Å². The summed E-state index contributed by atoms with van der Waals surface area (Å²) in [4.78, 5) is 7.79. The van der Waals surface area contributed by atoms with Gasteiger partial charge in [0.15, 0.2) is 5.11 Å². The van der Waals surface area contributed by atoms with Crippen molar-refractivity contribution in [1.29, 1.82) is 0 Å². The number of rotatable bonds is 6. The lowest BCUT2D eigenvalue weighted by molar-refractivity contribution is 0.601. The molecule has 1 aromatic carbocycles. The van der Waals surface area contributed by atoms with Gasteiger partial charge in [0.25, 0.3) is 10.0 Å². The Morgan fingerprint density at radius 3 is 2.43 bits per heavy atom. The van der Waals surface area contributed by atoms with Crippen molar-refractivity contribution in [1.82, 2.24) is 15.3 Å². The minimum Gasteiger partial charge on any atom is -0.362 e. The van der Waals surface area contributed by atoms with Crippen LogP contribution in [-0.2, 0) is 10.0 Å². The van der Waals surface area contributed by atoms with E-state index in [9.17, 15) is 8.42 Å². The lowest BCUT2D eigenvalue weighted by Gasteiger charge is -2.10. The summed E-state index contributed by atoms with van der Waals surface area (Å²) in [6.45, 7) is 2.82. The van der Waals surface area contributed by atoms with Gasteiger partial charge in [0.1, 0.15) is 0 Å². The van der Waals surface area contributed by atoms with E-state index in [0.29, 0.717) is 10.8 Å². The second-order valence-corrected chi connectivity index (χ2v) is 6.67. The summed E-state index contributed by atoms with van der Waals surface area (Å²) in [5.74, 6) is 0.0274. The molecule has 0 radical (unpaired) electrons. The van der Waals surface area contributed by atoms with Crippen LogP contribution in [0.1, 0.15) is 13.3 Å². The summed E-state index contributed by atoms with van der Waals surface area (Å²) in [5, 5.41) is 6.52. The number of thiocarbonyl (C=S) groups is 1. The van der Waals surface area contributed by atoms with Crippen molar-refractivity contribution in [3.63, 3.8) is 0 Å². The Kier molecular flexibility index (Phi) is 5.83. The first-order valence-corrected chi connectivity index (χ1v) is 8.85. The van der Waals surface area contributed by atoms with Gasteiger partial charge in [0.05, 0.1) is 4.90 Å². The first-order valence-electron chi connectivity index (χ1n) is 6.96. The molecule has 2 aromatic rings. The Labute approximate surface area is 140 Å². The van der Waals surface area contributed by atoms with Crippen molar-refractivity contribution in [2.24, 2.45) is 0 Å². The predicted molar refractivity (Wildman–Crippen MR) is 93.8 cm³/mol. The molecule has 2 rings (SSSR count). The Bertz CT molecular complexity index is 748. The Morgan fingerprint density at radius 1 is 1.17 bits per heavy atom. The molecule has 122 valence electrons. The number of nitrogens with one attached hydrogen (secondary N) is 3. The highest BCUT2D eigenvalue weighted by atomic mass is 32.2. The Balaban J connectivity index is 2.05. The van der Waals surface area contributed by atoms with E-state index < -0.39 is 10.0 Å². The quantitative estimate of drug-likeness (QED) is 0.685. The minimum absolute atomic E-state index is 0.0274. The van der Waals surface area contributed by atoms with Gasteiger partial charge in [0.2, 0.25) is 5.95 Å². The molecule has 0 amide bonds. The molecule has 0 aliphatic heterocycles. The number of hydrogen-bond acceptors (Lipinski definition) is 5. The molecule has 0 spiro atoms. The molecule has 0 fully saturated rings. The van der Waals surface area contributed by atoms with Crippen LogP contribution in [0.4, 0.5) is 11.6 Å². The second kappa shape index (κ2) is 7.84.